The van der Waals surface area contributed by atoms with E-state index in [-0.39, 0.29) is 12.5 Å². The maximum absolute atomic E-state index is 11.1. The van der Waals surface area contributed by atoms with Gasteiger partial charge in [-0.2, -0.15) is 0 Å². The van der Waals surface area contributed by atoms with Crippen molar-refractivity contribution in [2.24, 2.45) is 0 Å². The van der Waals surface area contributed by atoms with Gasteiger partial charge in [0, 0.05) is 17.7 Å². The van der Waals surface area contributed by atoms with Crippen molar-refractivity contribution in [1.82, 2.24) is 10.3 Å². The lowest BCUT2D eigenvalue weighted by atomic mass is 10.6. The van der Waals surface area contributed by atoms with Crippen LogP contribution in [0.4, 0.5) is 0 Å². The van der Waals surface area contributed by atoms with Crippen LogP contribution in [0.2, 0.25) is 0 Å². The number of aryl methyl sites for hydroxylation is 1. The number of hydrogen-bond donors (Lipinski definition) is 2. The van der Waals surface area contributed by atoms with Gasteiger partial charge in [0.2, 0.25) is 5.91 Å². The van der Waals surface area contributed by atoms with E-state index >= 15 is 0 Å². The summed E-state index contributed by atoms with van der Waals surface area (Å²) in [4.78, 5) is 15.4. The van der Waals surface area contributed by atoms with Crippen LogP contribution in [0.15, 0.2) is 5.38 Å². The van der Waals surface area contributed by atoms with Crippen LogP contribution < -0.4 is 5.32 Å². The number of amides is 1. The largest absolute Gasteiger partial charge is 0.395 e. The monoisotopic (exact) mass is 246 g/mol. The molecule has 0 aliphatic rings. The maximum atomic E-state index is 11.1. The Morgan fingerprint density at radius 1 is 1.73 bits per heavy atom. The molecule has 1 aromatic rings. The number of rotatable bonds is 6. The second-order valence-electron chi connectivity index (χ2n) is 2.92. The van der Waals surface area contributed by atoms with Crippen molar-refractivity contribution in [2.45, 2.75) is 12.7 Å². The van der Waals surface area contributed by atoms with Crippen LogP contribution in [0.25, 0.3) is 0 Å². The molecule has 1 heterocycles. The fraction of sp³-hybridized carbons (Fsp3) is 0.556. The van der Waals surface area contributed by atoms with E-state index in [1.54, 1.807) is 11.3 Å². The van der Waals surface area contributed by atoms with E-state index in [1.165, 1.54) is 11.8 Å². The van der Waals surface area contributed by atoms with Gasteiger partial charge in [0.1, 0.15) is 0 Å². The number of thiazole rings is 1. The normalized spacial score (nSPS) is 10.3. The van der Waals surface area contributed by atoms with Crippen molar-refractivity contribution in [2.75, 3.05) is 18.9 Å². The minimum Gasteiger partial charge on any atom is -0.395 e. The van der Waals surface area contributed by atoms with Gasteiger partial charge in [0.15, 0.2) is 0 Å². The first-order chi connectivity index (χ1) is 7.22. The average Bonchev–Trinajstić information content (AvgIpc) is 2.61. The van der Waals surface area contributed by atoms with Crippen LogP contribution in [0.1, 0.15) is 10.7 Å². The van der Waals surface area contributed by atoms with Crippen molar-refractivity contribution in [3.05, 3.63) is 16.1 Å². The summed E-state index contributed by atoms with van der Waals surface area (Å²) in [6, 6.07) is 0. The Morgan fingerprint density at radius 2 is 2.53 bits per heavy atom. The molecular weight excluding hydrogens is 232 g/mol. The van der Waals surface area contributed by atoms with Crippen molar-refractivity contribution in [1.29, 1.82) is 0 Å². The topological polar surface area (TPSA) is 62.2 Å². The molecule has 84 valence electrons. The third-order valence-electron chi connectivity index (χ3n) is 1.58. The molecule has 4 nitrogen and oxygen atoms in total. The fourth-order valence-corrected chi connectivity index (χ4v) is 2.43. The zero-order valence-electron chi connectivity index (χ0n) is 8.52. The Bertz CT molecular complexity index is 315. The molecule has 0 atom stereocenters. The molecule has 0 aliphatic heterocycles. The molecule has 1 amide bonds. The van der Waals surface area contributed by atoms with Crippen molar-refractivity contribution in [3.63, 3.8) is 0 Å². The standard InChI is InChI=1S/C9H14N2O2S2/c1-7-11-8(5-15-7)4-14-6-9(13)10-2-3-12/h5,12H,2-4,6H2,1H3,(H,10,13). The number of aliphatic hydroxyl groups excluding tert-OH is 1. The highest BCUT2D eigenvalue weighted by molar-refractivity contribution is 7.99. The summed E-state index contributed by atoms with van der Waals surface area (Å²) in [6.07, 6.45) is 0. The van der Waals surface area contributed by atoms with Gasteiger partial charge >= 0.3 is 0 Å². The Labute approximate surface area is 97.1 Å². The molecule has 0 bridgehead atoms. The second-order valence-corrected chi connectivity index (χ2v) is 4.97. The lowest BCUT2D eigenvalue weighted by Crippen LogP contribution is -2.27. The summed E-state index contributed by atoms with van der Waals surface area (Å²) >= 11 is 3.15. The molecule has 0 radical (unpaired) electrons. The van der Waals surface area contributed by atoms with Crippen molar-refractivity contribution in [3.8, 4) is 0 Å². The molecule has 0 saturated heterocycles. The van der Waals surface area contributed by atoms with Gasteiger partial charge in [-0.05, 0) is 6.92 Å². The summed E-state index contributed by atoms with van der Waals surface area (Å²) in [5.74, 6) is 1.13. The number of nitrogens with one attached hydrogen (secondary N) is 1. The number of thioether (sulfide) groups is 1. The summed E-state index contributed by atoms with van der Waals surface area (Å²) < 4.78 is 0. The van der Waals surface area contributed by atoms with Crippen LogP contribution in [0.5, 0.6) is 0 Å². The molecule has 0 aliphatic carbocycles. The number of hydrogen-bond acceptors (Lipinski definition) is 5. The zero-order chi connectivity index (χ0) is 11.1. The second kappa shape index (κ2) is 6.81. The van der Waals surface area contributed by atoms with E-state index in [0.29, 0.717) is 12.3 Å². The van der Waals surface area contributed by atoms with E-state index in [1.807, 2.05) is 12.3 Å². The van der Waals surface area contributed by atoms with Gasteiger partial charge in [0.05, 0.1) is 23.1 Å². The van der Waals surface area contributed by atoms with Crippen LogP contribution in [0, 0.1) is 6.92 Å². The minimum absolute atomic E-state index is 0.0122. The molecule has 0 saturated carbocycles. The molecule has 2 N–H and O–H groups in total. The summed E-state index contributed by atoms with van der Waals surface area (Å²) in [7, 11) is 0. The van der Waals surface area contributed by atoms with Gasteiger partial charge in [-0.3, -0.25) is 4.79 Å². The first-order valence-electron chi connectivity index (χ1n) is 4.58. The highest BCUT2D eigenvalue weighted by Gasteiger charge is 2.02. The van der Waals surface area contributed by atoms with Gasteiger partial charge in [-0.15, -0.1) is 23.1 Å². The van der Waals surface area contributed by atoms with Gasteiger partial charge in [0.25, 0.3) is 0 Å². The molecule has 0 fully saturated rings. The van der Waals surface area contributed by atoms with Crippen LogP contribution in [-0.2, 0) is 10.5 Å². The van der Waals surface area contributed by atoms with Crippen LogP contribution in [0.3, 0.4) is 0 Å². The predicted octanol–water partition coefficient (Wildman–Crippen LogP) is 0.793. The molecule has 0 unspecified atom stereocenters. The summed E-state index contributed by atoms with van der Waals surface area (Å²) in [6.45, 7) is 2.28. The molecule has 0 aromatic carbocycles. The first kappa shape index (κ1) is 12.5. The third kappa shape index (κ3) is 5.15. The highest BCUT2D eigenvalue weighted by atomic mass is 32.2. The molecule has 6 heteroatoms. The Kier molecular flexibility index (Phi) is 5.67. The van der Waals surface area contributed by atoms with Gasteiger partial charge < -0.3 is 10.4 Å². The minimum atomic E-state index is -0.0407. The molecule has 15 heavy (non-hydrogen) atoms. The Morgan fingerprint density at radius 3 is 3.13 bits per heavy atom. The van der Waals surface area contributed by atoms with E-state index < -0.39 is 0 Å². The number of nitrogens with zero attached hydrogens (tertiary/aromatic N) is 1. The van der Waals surface area contributed by atoms with E-state index in [0.717, 1.165) is 16.5 Å². The molecule has 1 rings (SSSR count). The number of aromatic nitrogens is 1. The summed E-state index contributed by atoms with van der Waals surface area (Å²) in [5, 5.41) is 14.1. The van der Waals surface area contributed by atoms with Crippen LogP contribution >= 0.6 is 23.1 Å². The fourth-order valence-electron chi connectivity index (χ4n) is 0.969. The van der Waals surface area contributed by atoms with E-state index in [9.17, 15) is 4.79 Å². The van der Waals surface area contributed by atoms with Gasteiger partial charge in [-0.25, -0.2) is 4.98 Å². The SMILES string of the molecule is Cc1nc(CSCC(=O)NCCO)cs1. The number of carbonyl (C=O) groups is 1. The average molecular weight is 246 g/mol. The quantitative estimate of drug-likeness (QED) is 0.779. The van der Waals surface area contributed by atoms with Gasteiger partial charge in [-0.1, -0.05) is 0 Å². The van der Waals surface area contributed by atoms with Crippen molar-refractivity contribution >= 4 is 29.0 Å². The molecule has 1 aromatic heterocycles. The highest BCUT2D eigenvalue weighted by Crippen LogP contribution is 2.14. The van der Waals surface area contributed by atoms with Crippen LogP contribution in [-0.4, -0.2) is 34.9 Å². The molecular formula is C9H14N2O2S2. The maximum Gasteiger partial charge on any atom is 0.230 e. The zero-order valence-corrected chi connectivity index (χ0v) is 10.2. The smallest absolute Gasteiger partial charge is 0.230 e. The third-order valence-corrected chi connectivity index (χ3v) is 3.37. The van der Waals surface area contributed by atoms with E-state index in [4.69, 9.17) is 5.11 Å². The first-order valence-corrected chi connectivity index (χ1v) is 6.62. The number of carbonyl (C=O) groups excluding carboxylic acids is 1. The van der Waals surface area contributed by atoms with E-state index in [2.05, 4.69) is 10.3 Å². The van der Waals surface area contributed by atoms with Crippen molar-refractivity contribution < 1.29 is 9.90 Å². The Hall–Kier alpha value is -0.590. The predicted molar refractivity (Wildman–Crippen MR) is 63.1 cm³/mol. The number of aliphatic hydroxyl groups is 1. The molecule has 0 spiro atoms. The lowest BCUT2D eigenvalue weighted by molar-refractivity contribution is -0.118. The lowest BCUT2D eigenvalue weighted by Gasteiger charge is -2.01. The Balaban J connectivity index is 2.13. The summed E-state index contributed by atoms with van der Waals surface area (Å²) in [5.41, 5.74) is 1.03.